The average molecular weight is 370 g/mol. The van der Waals surface area contributed by atoms with E-state index in [2.05, 4.69) is 10.1 Å². The summed E-state index contributed by atoms with van der Waals surface area (Å²) < 4.78 is 40.3. The van der Waals surface area contributed by atoms with Gasteiger partial charge < -0.3 is 15.0 Å². The predicted molar refractivity (Wildman–Crippen MR) is 91.8 cm³/mol. The van der Waals surface area contributed by atoms with E-state index in [1.807, 2.05) is 4.90 Å². The molecule has 1 aromatic carbocycles. The lowest BCUT2D eigenvalue weighted by molar-refractivity contribution is -0.274. The molecule has 0 bridgehead atoms. The van der Waals surface area contributed by atoms with Crippen LogP contribution in [0.2, 0.25) is 0 Å². The third-order valence-corrected chi connectivity index (χ3v) is 5.02. The molecule has 1 aliphatic heterocycles. The fraction of sp³-hybridized carbons (Fsp3) is 0.632. The molecule has 3 rings (SSSR count). The summed E-state index contributed by atoms with van der Waals surface area (Å²) in [6.45, 7) is 2.66. The van der Waals surface area contributed by atoms with Crippen molar-refractivity contribution in [1.29, 1.82) is 0 Å². The zero-order valence-corrected chi connectivity index (χ0v) is 14.7. The Bertz CT molecular complexity index is 592. The minimum Gasteiger partial charge on any atom is -0.406 e. The number of nitrogens with one attached hydrogen (secondary N) is 1. The van der Waals surface area contributed by atoms with Gasteiger partial charge in [0.25, 0.3) is 0 Å². The van der Waals surface area contributed by atoms with Crippen LogP contribution in [0.25, 0.3) is 0 Å². The van der Waals surface area contributed by atoms with E-state index < -0.39 is 6.36 Å². The summed E-state index contributed by atoms with van der Waals surface area (Å²) in [7, 11) is 0. The van der Waals surface area contributed by atoms with Crippen LogP contribution in [0.1, 0.15) is 37.7 Å². The number of alkyl halides is 3. The van der Waals surface area contributed by atoms with Gasteiger partial charge in [-0.05, 0) is 62.3 Å². The molecule has 1 aliphatic carbocycles. The van der Waals surface area contributed by atoms with Crippen LogP contribution >= 0.6 is 0 Å². The Morgan fingerprint density at radius 1 is 1.12 bits per heavy atom. The summed E-state index contributed by atoms with van der Waals surface area (Å²) in [5, 5.41) is 3.59. The lowest BCUT2D eigenvalue weighted by Gasteiger charge is -2.32. The van der Waals surface area contributed by atoms with Gasteiger partial charge in [-0.25, -0.2) is 0 Å². The maximum Gasteiger partial charge on any atom is 0.573 e. The molecule has 0 spiro atoms. The third kappa shape index (κ3) is 6.20. The normalized spacial score (nSPS) is 18.8. The number of halogens is 3. The van der Waals surface area contributed by atoms with Crippen LogP contribution in [0.15, 0.2) is 24.3 Å². The topological polar surface area (TPSA) is 41.6 Å². The smallest absolute Gasteiger partial charge is 0.406 e. The first-order valence-corrected chi connectivity index (χ1v) is 9.25. The summed E-state index contributed by atoms with van der Waals surface area (Å²) in [4.78, 5) is 14.2. The molecule has 144 valence electrons. The van der Waals surface area contributed by atoms with Crippen molar-refractivity contribution in [3.05, 3.63) is 29.8 Å². The first kappa shape index (κ1) is 19.0. The minimum absolute atomic E-state index is 0.112. The van der Waals surface area contributed by atoms with Gasteiger partial charge in [0.05, 0.1) is 0 Å². The average Bonchev–Trinajstić information content (AvgIpc) is 3.43. The van der Waals surface area contributed by atoms with Gasteiger partial charge in [0.2, 0.25) is 5.91 Å². The van der Waals surface area contributed by atoms with Crippen molar-refractivity contribution >= 4 is 5.91 Å². The van der Waals surface area contributed by atoms with Crippen molar-refractivity contribution in [2.75, 3.05) is 19.6 Å². The molecule has 2 fully saturated rings. The summed E-state index contributed by atoms with van der Waals surface area (Å²) in [5.41, 5.74) is 0.828. The summed E-state index contributed by atoms with van der Waals surface area (Å²) in [6.07, 6.45) is 0.868. The lowest BCUT2D eigenvalue weighted by atomic mass is 10.0. The number of carbonyl (C=O) groups is 1. The van der Waals surface area contributed by atoms with Crippen molar-refractivity contribution < 1.29 is 22.7 Å². The molecule has 0 aromatic heterocycles. The van der Waals surface area contributed by atoms with Gasteiger partial charge >= 0.3 is 6.36 Å². The van der Waals surface area contributed by atoms with Crippen LogP contribution in [0, 0.1) is 5.92 Å². The molecule has 1 saturated heterocycles. The fourth-order valence-corrected chi connectivity index (χ4v) is 3.26. The maximum absolute atomic E-state index is 12.3. The maximum atomic E-state index is 12.3. The molecule has 1 aromatic rings. The molecule has 0 unspecified atom stereocenters. The van der Waals surface area contributed by atoms with Crippen molar-refractivity contribution in [3.63, 3.8) is 0 Å². The van der Waals surface area contributed by atoms with E-state index in [9.17, 15) is 18.0 Å². The summed E-state index contributed by atoms with van der Waals surface area (Å²) in [6, 6.07) is 6.22. The Labute approximate surface area is 151 Å². The van der Waals surface area contributed by atoms with Crippen LogP contribution < -0.4 is 10.1 Å². The molecule has 1 N–H and O–H groups in total. The third-order valence-electron chi connectivity index (χ3n) is 5.02. The van der Waals surface area contributed by atoms with Gasteiger partial charge in [-0.2, -0.15) is 0 Å². The molecule has 1 heterocycles. The predicted octanol–water partition coefficient (Wildman–Crippen LogP) is 3.51. The zero-order valence-electron chi connectivity index (χ0n) is 14.7. The van der Waals surface area contributed by atoms with Gasteiger partial charge in [-0.3, -0.25) is 4.79 Å². The van der Waals surface area contributed by atoms with Gasteiger partial charge in [-0.1, -0.05) is 12.1 Å². The molecular formula is C19H25F3N2O2. The molecule has 0 radical (unpaired) electrons. The highest BCUT2D eigenvalue weighted by atomic mass is 19.4. The van der Waals surface area contributed by atoms with Crippen LogP contribution in [0.3, 0.4) is 0 Å². The number of rotatable bonds is 7. The number of carbonyl (C=O) groups excluding carboxylic acids is 1. The van der Waals surface area contributed by atoms with Crippen molar-refractivity contribution in [3.8, 4) is 5.75 Å². The molecule has 7 heteroatoms. The van der Waals surface area contributed by atoms with Crippen molar-refractivity contribution in [1.82, 2.24) is 10.2 Å². The minimum atomic E-state index is -4.68. The van der Waals surface area contributed by atoms with Crippen molar-refractivity contribution in [2.45, 2.75) is 50.9 Å². The van der Waals surface area contributed by atoms with Gasteiger partial charge in [-0.15, -0.1) is 13.2 Å². The largest absolute Gasteiger partial charge is 0.573 e. The van der Waals surface area contributed by atoms with E-state index in [1.165, 1.54) is 25.0 Å². The molecule has 4 nitrogen and oxygen atoms in total. The van der Waals surface area contributed by atoms with Crippen LogP contribution in [-0.4, -0.2) is 42.8 Å². The summed E-state index contributed by atoms with van der Waals surface area (Å²) in [5.74, 6) is 0.734. The van der Waals surface area contributed by atoms with Gasteiger partial charge in [0.15, 0.2) is 0 Å². The Hall–Kier alpha value is -1.76. The molecule has 2 aliphatic rings. The first-order valence-electron chi connectivity index (χ1n) is 9.25. The van der Waals surface area contributed by atoms with E-state index in [1.54, 1.807) is 12.1 Å². The molecule has 26 heavy (non-hydrogen) atoms. The van der Waals surface area contributed by atoms with E-state index in [0.29, 0.717) is 18.9 Å². The Balaban J connectivity index is 1.37. The quantitative estimate of drug-likeness (QED) is 0.799. The molecular weight excluding hydrogens is 345 g/mol. The number of piperidine rings is 1. The second-order valence-corrected chi connectivity index (χ2v) is 7.20. The molecule has 0 atom stereocenters. The van der Waals surface area contributed by atoms with Crippen molar-refractivity contribution in [2.24, 2.45) is 5.92 Å². The number of ether oxygens (including phenoxy) is 1. The Morgan fingerprint density at radius 3 is 2.35 bits per heavy atom. The highest BCUT2D eigenvalue weighted by molar-refractivity contribution is 5.76. The number of likely N-dealkylation sites (tertiary alicyclic amines) is 1. The van der Waals surface area contributed by atoms with Gasteiger partial charge in [0, 0.05) is 25.6 Å². The lowest BCUT2D eigenvalue weighted by Crippen LogP contribution is -2.45. The monoisotopic (exact) mass is 370 g/mol. The van der Waals surface area contributed by atoms with Gasteiger partial charge in [0.1, 0.15) is 5.75 Å². The first-order chi connectivity index (χ1) is 12.4. The van der Waals surface area contributed by atoms with E-state index in [-0.39, 0.29) is 11.7 Å². The standard InChI is InChI=1S/C19H25F3N2O2/c20-19(21,22)26-17-6-3-14(4-7-17)5-8-18(25)24-11-9-16(10-12-24)23-13-15-1-2-15/h3-4,6-7,15-16,23H,1-2,5,8-13H2. The number of nitrogens with zero attached hydrogens (tertiary/aromatic N) is 1. The van der Waals surface area contributed by atoms with E-state index >= 15 is 0 Å². The number of amides is 1. The number of aryl methyl sites for hydroxylation is 1. The highest BCUT2D eigenvalue weighted by Gasteiger charge is 2.31. The van der Waals surface area contributed by atoms with E-state index in [0.717, 1.165) is 44.0 Å². The second kappa shape index (κ2) is 8.29. The summed E-state index contributed by atoms with van der Waals surface area (Å²) >= 11 is 0. The van der Waals surface area contributed by atoms with E-state index in [4.69, 9.17) is 0 Å². The molecule has 1 saturated carbocycles. The second-order valence-electron chi connectivity index (χ2n) is 7.20. The fourth-order valence-electron chi connectivity index (χ4n) is 3.26. The van der Waals surface area contributed by atoms with Crippen LogP contribution in [0.5, 0.6) is 5.75 Å². The SMILES string of the molecule is O=C(CCc1ccc(OC(F)(F)F)cc1)N1CCC(NCC2CC2)CC1. The number of hydrogen-bond acceptors (Lipinski definition) is 3. The van der Waals surface area contributed by atoms with Crippen LogP contribution in [0.4, 0.5) is 13.2 Å². The number of hydrogen-bond donors (Lipinski definition) is 1. The molecule has 1 amide bonds. The zero-order chi connectivity index (χ0) is 18.6. The Morgan fingerprint density at radius 2 is 1.77 bits per heavy atom. The highest BCUT2D eigenvalue weighted by Crippen LogP contribution is 2.28. The number of benzene rings is 1. The Kier molecular flexibility index (Phi) is 6.06. The van der Waals surface area contributed by atoms with Crippen LogP contribution in [-0.2, 0) is 11.2 Å².